The molecule has 2 nitrogen and oxygen atoms in total. The summed E-state index contributed by atoms with van der Waals surface area (Å²) in [7, 11) is 0. The molecule has 0 bridgehead atoms. The van der Waals surface area contributed by atoms with Gasteiger partial charge in [-0.2, -0.15) is 0 Å². The lowest BCUT2D eigenvalue weighted by Gasteiger charge is -2.12. The van der Waals surface area contributed by atoms with Crippen LogP contribution in [0.2, 0.25) is 0 Å². The van der Waals surface area contributed by atoms with Gasteiger partial charge in [-0.3, -0.25) is 0 Å². The number of rotatable bonds is 3. The number of hydrogen-bond donors (Lipinski definition) is 2. The van der Waals surface area contributed by atoms with Crippen molar-refractivity contribution in [2.75, 3.05) is 11.9 Å². The molecule has 1 aromatic heterocycles. The number of hydrogen-bond acceptors (Lipinski definition) is 3. The second kappa shape index (κ2) is 3.98. The van der Waals surface area contributed by atoms with Gasteiger partial charge in [0.05, 0.1) is 0 Å². The van der Waals surface area contributed by atoms with E-state index in [1.807, 2.05) is 0 Å². The second-order valence-corrected chi connectivity index (χ2v) is 4.40. The molecule has 0 fully saturated rings. The lowest BCUT2D eigenvalue weighted by atomic mass is 10.2. The Balaban J connectivity index is 2.25. The smallest absolute Gasteiger partial charge is 0.0355 e. The molecule has 1 aromatic carbocycles. The molecule has 2 aromatic rings. The van der Waals surface area contributed by atoms with Crippen LogP contribution in [0.1, 0.15) is 6.92 Å². The zero-order valence-corrected chi connectivity index (χ0v) is 8.97. The van der Waals surface area contributed by atoms with Crippen LogP contribution in [0.15, 0.2) is 29.6 Å². The van der Waals surface area contributed by atoms with E-state index < -0.39 is 0 Å². The number of benzene rings is 1. The molecule has 2 rings (SSSR count). The molecule has 74 valence electrons. The maximum absolute atomic E-state index is 5.55. The van der Waals surface area contributed by atoms with E-state index in [1.54, 1.807) is 11.3 Å². The Hall–Kier alpha value is -1.06. The molecule has 1 heterocycles. The Morgan fingerprint density at radius 1 is 1.43 bits per heavy atom. The van der Waals surface area contributed by atoms with Crippen LogP contribution >= 0.6 is 11.3 Å². The normalized spacial score (nSPS) is 13.0. The summed E-state index contributed by atoms with van der Waals surface area (Å²) in [5, 5.41) is 6.76. The number of nitrogens with one attached hydrogen (secondary N) is 1. The van der Waals surface area contributed by atoms with Gasteiger partial charge in [0.15, 0.2) is 0 Å². The largest absolute Gasteiger partial charge is 0.381 e. The van der Waals surface area contributed by atoms with Crippen molar-refractivity contribution >= 4 is 27.1 Å². The molecule has 0 amide bonds. The first kappa shape index (κ1) is 9.49. The first-order chi connectivity index (χ1) is 6.79. The Morgan fingerprint density at radius 2 is 2.29 bits per heavy atom. The summed E-state index contributed by atoms with van der Waals surface area (Å²) < 4.78 is 1.33. The minimum Gasteiger partial charge on any atom is -0.381 e. The number of fused-ring (bicyclic) bond motifs is 1. The molecule has 3 N–H and O–H groups in total. The summed E-state index contributed by atoms with van der Waals surface area (Å²) >= 11 is 1.77. The molecule has 0 spiro atoms. The van der Waals surface area contributed by atoms with Crippen LogP contribution in [-0.2, 0) is 0 Å². The SMILES string of the molecule is CC(CN)Nc1ccc2sccc2c1. The summed E-state index contributed by atoms with van der Waals surface area (Å²) in [5.41, 5.74) is 6.70. The number of thiophene rings is 1. The minimum absolute atomic E-state index is 0.325. The van der Waals surface area contributed by atoms with Crippen molar-refractivity contribution in [2.45, 2.75) is 13.0 Å². The first-order valence-electron chi connectivity index (χ1n) is 4.73. The Bertz CT molecular complexity index is 422. The highest BCUT2D eigenvalue weighted by atomic mass is 32.1. The average molecular weight is 206 g/mol. The van der Waals surface area contributed by atoms with Gasteiger partial charge in [0, 0.05) is 23.0 Å². The van der Waals surface area contributed by atoms with E-state index in [0.717, 1.165) is 5.69 Å². The van der Waals surface area contributed by atoms with Crippen molar-refractivity contribution in [2.24, 2.45) is 5.73 Å². The van der Waals surface area contributed by atoms with Crippen molar-refractivity contribution in [1.82, 2.24) is 0 Å². The van der Waals surface area contributed by atoms with E-state index in [4.69, 9.17) is 5.73 Å². The van der Waals surface area contributed by atoms with Crippen molar-refractivity contribution < 1.29 is 0 Å². The third-order valence-corrected chi connectivity index (χ3v) is 3.12. The van der Waals surface area contributed by atoms with Crippen molar-refractivity contribution in [3.8, 4) is 0 Å². The molecule has 3 heteroatoms. The predicted octanol–water partition coefficient (Wildman–Crippen LogP) is 2.66. The monoisotopic (exact) mass is 206 g/mol. The van der Waals surface area contributed by atoms with Gasteiger partial charge in [-0.1, -0.05) is 0 Å². The van der Waals surface area contributed by atoms with Crippen molar-refractivity contribution in [1.29, 1.82) is 0 Å². The second-order valence-electron chi connectivity index (χ2n) is 3.45. The minimum atomic E-state index is 0.325. The third-order valence-electron chi connectivity index (χ3n) is 2.22. The number of anilines is 1. The zero-order valence-electron chi connectivity index (χ0n) is 8.16. The van der Waals surface area contributed by atoms with Gasteiger partial charge in [0.25, 0.3) is 0 Å². The van der Waals surface area contributed by atoms with Crippen LogP contribution in [0, 0.1) is 0 Å². The fourth-order valence-corrected chi connectivity index (χ4v) is 2.17. The molecule has 1 unspecified atom stereocenters. The van der Waals surface area contributed by atoms with Crippen molar-refractivity contribution in [3.63, 3.8) is 0 Å². The summed E-state index contributed by atoms with van der Waals surface area (Å²) in [4.78, 5) is 0. The van der Waals surface area contributed by atoms with Crippen LogP contribution < -0.4 is 11.1 Å². The van der Waals surface area contributed by atoms with Gasteiger partial charge in [0.2, 0.25) is 0 Å². The highest BCUT2D eigenvalue weighted by Gasteiger charge is 2.00. The standard InChI is InChI=1S/C11H14N2S/c1-8(7-12)13-10-2-3-11-9(6-10)4-5-14-11/h2-6,8,13H,7,12H2,1H3. The van der Waals surface area contributed by atoms with E-state index >= 15 is 0 Å². The van der Waals surface area contributed by atoms with E-state index in [-0.39, 0.29) is 0 Å². The lowest BCUT2D eigenvalue weighted by molar-refractivity contribution is 0.804. The molecule has 0 saturated heterocycles. The van der Waals surface area contributed by atoms with Crippen LogP contribution in [0.3, 0.4) is 0 Å². The van der Waals surface area contributed by atoms with Crippen LogP contribution in [0.5, 0.6) is 0 Å². The van der Waals surface area contributed by atoms with Gasteiger partial charge in [-0.25, -0.2) is 0 Å². The molecule has 0 saturated carbocycles. The summed E-state index contributed by atoms with van der Waals surface area (Å²) in [5.74, 6) is 0. The Kier molecular flexibility index (Phi) is 2.70. The van der Waals surface area contributed by atoms with Gasteiger partial charge in [-0.05, 0) is 42.0 Å². The van der Waals surface area contributed by atoms with Gasteiger partial charge >= 0.3 is 0 Å². The highest BCUT2D eigenvalue weighted by Crippen LogP contribution is 2.24. The molecule has 0 radical (unpaired) electrons. The van der Waals surface area contributed by atoms with E-state index in [1.165, 1.54) is 10.1 Å². The lowest BCUT2D eigenvalue weighted by Crippen LogP contribution is -2.24. The summed E-state index contributed by atoms with van der Waals surface area (Å²) in [6, 6.07) is 8.87. The van der Waals surface area contributed by atoms with Crippen molar-refractivity contribution in [3.05, 3.63) is 29.6 Å². The highest BCUT2D eigenvalue weighted by molar-refractivity contribution is 7.17. The van der Waals surface area contributed by atoms with Crippen LogP contribution in [-0.4, -0.2) is 12.6 Å². The van der Waals surface area contributed by atoms with Gasteiger partial charge in [0.1, 0.15) is 0 Å². The molecule has 14 heavy (non-hydrogen) atoms. The maximum atomic E-state index is 5.55. The van der Waals surface area contributed by atoms with Crippen LogP contribution in [0.25, 0.3) is 10.1 Å². The topological polar surface area (TPSA) is 38.0 Å². The molecule has 0 aliphatic rings. The predicted molar refractivity (Wildman–Crippen MR) is 64.0 cm³/mol. The summed E-state index contributed by atoms with van der Waals surface area (Å²) in [6.45, 7) is 2.74. The third kappa shape index (κ3) is 1.89. The maximum Gasteiger partial charge on any atom is 0.0355 e. The van der Waals surface area contributed by atoms with E-state index in [9.17, 15) is 0 Å². The fourth-order valence-electron chi connectivity index (χ4n) is 1.40. The Morgan fingerprint density at radius 3 is 3.07 bits per heavy atom. The average Bonchev–Trinajstić information content (AvgIpc) is 2.64. The van der Waals surface area contributed by atoms with Gasteiger partial charge in [-0.15, -0.1) is 11.3 Å². The Labute approximate surface area is 87.7 Å². The molecule has 0 aliphatic carbocycles. The van der Waals surface area contributed by atoms with E-state index in [0.29, 0.717) is 12.6 Å². The fraction of sp³-hybridized carbons (Fsp3) is 0.273. The summed E-state index contributed by atoms with van der Waals surface area (Å²) in [6.07, 6.45) is 0. The van der Waals surface area contributed by atoms with Gasteiger partial charge < -0.3 is 11.1 Å². The molecule has 0 aliphatic heterocycles. The van der Waals surface area contributed by atoms with Crippen LogP contribution in [0.4, 0.5) is 5.69 Å². The molecular weight excluding hydrogens is 192 g/mol. The zero-order chi connectivity index (χ0) is 9.97. The molecular formula is C11H14N2S. The quantitative estimate of drug-likeness (QED) is 0.810. The first-order valence-corrected chi connectivity index (χ1v) is 5.61. The molecule has 1 atom stereocenters. The number of nitrogens with two attached hydrogens (primary N) is 1. The van der Waals surface area contributed by atoms with E-state index in [2.05, 4.69) is 41.9 Å².